The Morgan fingerprint density at radius 2 is 1.72 bits per heavy atom. The highest BCUT2D eigenvalue weighted by molar-refractivity contribution is 7.81. The molecule has 0 unspecified atom stereocenters. The van der Waals surface area contributed by atoms with Gasteiger partial charge in [-0.1, -0.05) is 12.1 Å². The van der Waals surface area contributed by atoms with Crippen LogP contribution < -0.4 is 5.32 Å². The Bertz CT molecular complexity index is 900. The monoisotopic (exact) mass is 461 g/mol. The van der Waals surface area contributed by atoms with Gasteiger partial charge in [0.2, 0.25) is 0 Å². The number of esters is 1. The number of Topliss-reactive ketones (excluding diaryl/α,β-unsaturated/α-hetero) is 1. The molecule has 2 aromatic carbocycles. The number of carbonyl (C=O) groups excluding carboxylic acids is 3. The van der Waals surface area contributed by atoms with E-state index in [-0.39, 0.29) is 30.3 Å². The molecule has 0 heterocycles. The second kappa shape index (κ2) is 12.7. The summed E-state index contributed by atoms with van der Waals surface area (Å²) in [5.74, 6) is -0.512. The summed E-state index contributed by atoms with van der Waals surface area (Å²) in [4.78, 5) is 35.4. The van der Waals surface area contributed by atoms with Crippen molar-refractivity contribution < 1.29 is 33.7 Å². The zero-order chi connectivity index (χ0) is 23.5. The van der Waals surface area contributed by atoms with Crippen LogP contribution in [0.1, 0.15) is 42.3 Å². The van der Waals surface area contributed by atoms with Crippen molar-refractivity contribution in [2.75, 3.05) is 24.3 Å². The van der Waals surface area contributed by atoms with Gasteiger partial charge in [0.25, 0.3) is 0 Å². The van der Waals surface area contributed by atoms with Crippen molar-refractivity contribution in [3.05, 3.63) is 59.7 Å². The number of ether oxygens (including phenoxy) is 3. The third-order valence-electron chi connectivity index (χ3n) is 4.51. The molecular weight excluding hydrogens is 434 g/mol. The van der Waals surface area contributed by atoms with Crippen molar-refractivity contribution in [1.82, 2.24) is 0 Å². The smallest absolute Gasteiger partial charge is 0.412 e. The number of phenolic OH excluding ortho intramolecular Hbond substituents is 1. The highest BCUT2D eigenvalue weighted by atomic mass is 32.1. The summed E-state index contributed by atoms with van der Waals surface area (Å²) in [7, 11) is 0. The maximum Gasteiger partial charge on any atom is 0.412 e. The van der Waals surface area contributed by atoms with E-state index in [0.29, 0.717) is 23.4 Å². The van der Waals surface area contributed by atoms with Crippen LogP contribution in [0.15, 0.2) is 48.5 Å². The average Bonchev–Trinajstić information content (AvgIpc) is 2.78. The molecule has 0 aliphatic heterocycles. The van der Waals surface area contributed by atoms with E-state index in [9.17, 15) is 19.5 Å². The van der Waals surface area contributed by atoms with Crippen molar-refractivity contribution in [2.24, 2.45) is 0 Å². The van der Waals surface area contributed by atoms with Gasteiger partial charge in [0.15, 0.2) is 11.9 Å². The van der Waals surface area contributed by atoms with Gasteiger partial charge in [0.05, 0.1) is 12.4 Å². The van der Waals surface area contributed by atoms with Crippen LogP contribution in [-0.4, -0.2) is 48.0 Å². The summed E-state index contributed by atoms with van der Waals surface area (Å²) in [5.41, 5.74) is 1.59. The first-order valence-corrected chi connectivity index (χ1v) is 10.7. The molecule has 2 atom stereocenters. The van der Waals surface area contributed by atoms with E-state index < -0.39 is 24.3 Å². The van der Waals surface area contributed by atoms with Crippen LogP contribution in [0.4, 0.5) is 10.5 Å². The number of benzene rings is 2. The summed E-state index contributed by atoms with van der Waals surface area (Å²) in [6.45, 7) is 3.67. The Morgan fingerprint density at radius 3 is 2.28 bits per heavy atom. The van der Waals surface area contributed by atoms with E-state index in [1.807, 2.05) is 0 Å². The second-order valence-corrected chi connectivity index (χ2v) is 7.15. The summed E-state index contributed by atoms with van der Waals surface area (Å²) < 4.78 is 16.5. The van der Waals surface area contributed by atoms with Crippen molar-refractivity contribution in [3.63, 3.8) is 0 Å². The van der Waals surface area contributed by atoms with Gasteiger partial charge < -0.3 is 19.3 Å². The molecule has 8 nitrogen and oxygen atoms in total. The van der Waals surface area contributed by atoms with E-state index in [0.717, 1.165) is 0 Å². The molecule has 2 N–H and O–H groups in total. The minimum atomic E-state index is -0.832. The van der Waals surface area contributed by atoms with E-state index in [2.05, 4.69) is 17.9 Å². The van der Waals surface area contributed by atoms with Gasteiger partial charge in [0, 0.05) is 24.3 Å². The number of nitrogens with one attached hydrogen (secondary N) is 1. The van der Waals surface area contributed by atoms with E-state index in [1.54, 1.807) is 43.3 Å². The molecule has 2 aromatic rings. The summed E-state index contributed by atoms with van der Waals surface area (Å²) >= 11 is 3.87. The van der Waals surface area contributed by atoms with Crippen LogP contribution in [0.5, 0.6) is 5.75 Å². The maximum atomic E-state index is 12.6. The van der Waals surface area contributed by atoms with Crippen LogP contribution in [0.2, 0.25) is 0 Å². The van der Waals surface area contributed by atoms with Crippen LogP contribution in [0.3, 0.4) is 0 Å². The molecule has 0 aliphatic rings. The van der Waals surface area contributed by atoms with Crippen LogP contribution >= 0.6 is 12.6 Å². The number of hydrogen-bond acceptors (Lipinski definition) is 8. The number of thiol groups is 1. The lowest BCUT2D eigenvalue weighted by Crippen LogP contribution is -2.30. The van der Waals surface area contributed by atoms with Crippen LogP contribution in [0.25, 0.3) is 0 Å². The summed E-state index contributed by atoms with van der Waals surface area (Å²) in [6, 6.07) is 12.6. The highest BCUT2D eigenvalue weighted by Crippen LogP contribution is 2.28. The van der Waals surface area contributed by atoms with E-state index >= 15 is 0 Å². The molecule has 0 fully saturated rings. The first-order chi connectivity index (χ1) is 15.3. The predicted octanol–water partition coefficient (Wildman–Crippen LogP) is 4.15. The Hall–Kier alpha value is -3.04. The molecule has 0 radical (unpaired) electrons. The van der Waals surface area contributed by atoms with Crippen molar-refractivity contribution in [3.8, 4) is 5.75 Å². The van der Waals surface area contributed by atoms with Crippen LogP contribution in [0, 0.1) is 0 Å². The molecule has 32 heavy (non-hydrogen) atoms. The molecule has 172 valence electrons. The van der Waals surface area contributed by atoms with Gasteiger partial charge in [0.1, 0.15) is 11.9 Å². The first-order valence-electron chi connectivity index (χ1n) is 10.1. The van der Waals surface area contributed by atoms with Gasteiger partial charge in [-0.25, -0.2) is 4.79 Å². The third kappa shape index (κ3) is 7.90. The third-order valence-corrected chi connectivity index (χ3v) is 4.76. The average molecular weight is 462 g/mol. The Labute approximate surface area is 192 Å². The highest BCUT2D eigenvalue weighted by Gasteiger charge is 2.28. The van der Waals surface area contributed by atoms with Crippen molar-refractivity contribution >= 4 is 36.2 Å². The molecule has 0 bridgehead atoms. The molecule has 0 saturated heterocycles. The van der Waals surface area contributed by atoms with Crippen molar-refractivity contribution in [1.29, 1.82) is 0 Å². The normalized spacial score (nSPS) is 12.5. The van der Waals surface area contributed by atoms with Gasteiger partial charge in [-0.3, -0.25) is 14.9 Å². The fraction of sp³-hybridized carbons (Fsp3) is 0.348. The van der Waals surface area contributed by atoms with E-state index in [1.165, 1.54) is 19.1 Å². The lowest BCUT2D eigenvalue weighted by atomic mass is 10.0. The molecular formula is C23H27NO7S. The topological polar surface area (TPSA) is 111 Å². The van der Waals surface area contributed by atoms with Gasteiger partial charge in [-0.15, -0.1) is 0 Å². The quantitative estimate of drug-likeness (QED) is 0.262. The molecule has 1 amide bonds. The van der Waals surface area contributed by atoms with Crippen LogP contribution in [-0.2, 0) is 19.0 Å². The molecule has 0 aliphatic carbocycles. The number of ketones is 1. The van der Waals surface area contributed by atoms with Gasteiger partial charge >= 0.3 is 12.1 Å². The molecule has 0 aromatic heterocycles. The second-order valence-electron chi connectivity index (χ2n) is 6.84. The lowest BCUT2D eigenvalue weighted by Gasteiger charge is -2.27. The van der Waals surface area contributed by atoms with Gasteiger partial charge in [-0.05, 0) is 55.8 Å². The number of hydrogen-bond donors (Lipinski definition) is 3. The fourth-order valence-electron chi connectivity index (χ4n) is 2.94. The zero-order valence-electron chi connectivity index (χ0n) is 17.9. The number of anilines is 1. The Balaban J connectivity index is 2.16. The number of carbonyl (C=O) groups is 3. The number of amides is 1. The minimum Gasteiger partial charge on any atom is -0.508 e. The molecule has 0 spiro atoms. The molecule has 9 heteroatoms. The van der Waals surface area contributed by atoms with Gasteiger partial charge in [-0.2, -0.15) is 12.6 Å². The summed E-state index contributed by atoms with van der Waals surface area (Å²) in [5, 5.41) is 12.2. The molecule has 2 rings (SSSR count). The molecule has 0 saturated carbocycles. The van der Waals surface area contributed by atoms with E-state index in [4.69, 9.17) is 14.2 Å². The standard InChI is InChI=1S/C23H27NO7S/c1-3-29-20(12-13-30-21(27)14-32)22(17-6-10-19(26)11-7-17)31-23(28)24-18-8-4-16(5-9-18)15(2)25/h4-11,20,22,26,32H,3,12-14H2,1-2H3,(H,24,28)/t20-,22-/m0/s1. The fourth-order valence-corrected chi connectivity index (χ4v) is 3.04. The van der Waals surface area contributed by atoms with Crippen molar-refractivity contribution in [2.45, 2.75) is 32.5 Å². The SMILES string of the molecule is CCO[C@@H](CCOC(=O)CS)[C@@H](OC(=O)Nc1ccc(C(C)=O)cc1)c1ccc(O)cc1. The minimum absolute atomic E-state index is 0.0397. The Morgan fingerprint density at radius 1 is 1.06 bits per heavy atom. The predicted molar refractivity (Wildman–Crippen MR) is 122 cm³/mol. The number of rotatable bonds is 11. The largest absolute Gasteiger partial charge is 0.508 e. The number of aromatic hydroxyl groups is 1. The zero-order valence-corrected chi connectivity index (χ0v) is 18.8. The summed E-state index contributed by atoms with van der Waals surface area (Å²) in [6.07, 6.45) is -1.89. The number of phenols is 1. The first kappa shape index (κ1) is 25.2. The maximum absolute atomic E-state index is 12.6. The Kier molecular flexibility index (Phi) is 10.0. The lowest BCUT2D eigenvalue weighted by molar-refractivity contribution is -0.142.